The van der Waals surface area contributed by atoms with E-state index >= 15 is 0 Å². The van der Waals surface area contributed by atoms with Crippen molar-refractivity contribution < 1.29 is 13.9 Å². The van der Waals surface area contributed by atoms with Crippen LogP contribution in [-0.4, -0.2) is 32.4 Å². The topological polar surface area (TPSA) is 43.4 Å². The van der Waals surface area contributed by atoms with E-state index in [0.29, 0.717) is 23.7 Å². The van der Waals surface area contributed by atoms with Gasteiger partial charge in [0, 0.05) is 17.6 Å². The molecule has 0 unspecified atom stereocenters. The molecular formula is C25H27Cl2FN2O2S. The third-order valence-corrected chi connectivity index (χ3v) is 6.31. The molecule has 0 aliphatic rings. The van der Waals surface area contributed by atoms with Crippen molar-refractivity contribution in [2.45, 2.75) is 26.7 Å². The number of anilines is 1. The molecule has 33 heavy (non-hydrogen) atoms. The van der Waals surface area contributed by atoms with E-state index in [1.54, 1.807) is 38.5 Å². The Bertz CT molecular complexity index is 1170. The number of halogens is 3. The van der Waals surface area contributed by atoms with Crippen LogP contribution in [0.4, 0.5) is 9.52 Å². The fourth-order valence-corrected chi connectivity index (χ4v) is 4.36. The van der Waals surface area contributed by atoms with Gasteiger partial charge < -0.3 is 14.8 Å². The van der Waals surface area contributed by atoms with E-state index in [2.05, 4.69) is 17.2 Å². The van der Waals surface area contributed by atoms with Crippen LogP contribution in [0.15, 0.2) is 30.3 Å². The van der Waals surface area contributed by atoms with Crippen molar-refractivity contribution in [2.24, 2.45) is 0 Å². The van der Waals surface area contributed by atoms with E-state index in [-0.39, 0.29) is 24.1 Å². The van der Waals surface area contributed by atoms with Gasteiger partial charge >= 0.3 is 0 Å². The Hall–Kier alpha value is -2.30. The fraction of sp³-hybridized carbons (Fsp3) is 0.320. The zero-order valence-corrected chi connectivity index (χ0v) is 21.6. The smallest absolute Gasteiger partial charge is 0.184 e. The lowest BCUT2D eigenvalue weighted by Gasteiger charge is -2.11. The summed E-state index contributed by atoms with van der Waals surface area (Å²) in [5.41, 5.74) is 4.13. The van der Waals surface area contributed by atoms with Gasteiger partial charge in [-0.15, -0.1) is 23.7 Å². The third kappa shape index (κ3) is 6.61. The van der Waals surface area contributed by atoms with E-state index in [1.807, 2.05) is 32.0 Å². The van der Waals surface area contributed by atoms with Gasteiger partial charge in [-0.25, -0.2) is 9.37 Å². The summed E-state index contributed by atoms with van der Waals surface area (Å²) < 4.78 is 24.6. The molecule has 0 amide bonds. The molecular weight excluding hydrogens is 482 g/mol. The molecule has 0 spiro atoms. The summed E-state index contributed by atoms with van der Waals surface area (Å²) >= 11 is 8.02. The van der Waals surface area contributed by atoms with E-state index in [0.717, 1.165) is 38.1 Å². The molecule has 0 aliphatic carbocycles. The molecule has 8 heteroatoms. The first-order valence-corrected chi connectivity index (χ1v) is 11.3. The molecule has 1 N–H and O–H groups in total. The molecule has 0 saturated heterocycles. The number of thiazole rings is 1. The molecule has 1 heterocycles. The van der Waals surface area contributed by atoms with Gasteiger partial charge in [0.05, 0.1) is 36.9 Å². The molecule has 0 radical (unpaired) electrons. The van der Waals surface area contributed by atoms with Gasteiger partial charge in [-0.2, -0.15) is 0 Å². The molecule has 176 valence electrons. The second-order valence-corrected chi connectivity index (χ2v) is 9.03. The molecule has 2 aromatic carbocycles. The molecule has 1 atom stereocenters. The summed E-state index contributed by atoms with van der Waals surface area (Å²) in [6.07, 6.45) is 0. The maximum absolute atomic E-state index is 13.9. The summed E-state index contributed by atoms with van der Waals surface area (Å²) in [5.74, 6) is 6.60. The van der Waals surface area contributed by atoms with Crippen molar-refractivity contribution in [2.75, 3.05) is 32.7 Å². The number of rotatable bonds is 7. The van der Waals surface area contributed by atoms with Crippen LogP contribution in [0.3, 0.4) is 0 Å². The number of ether oxygens (including phenoxy) is 2. The molecule has 0 saturated carbocycles. The third-order valence-electron chi connectivity index (χ3n) is 5.07. The number of aryl methyl sites for hydroxylation is 3. The van der Waals surface area contributed by atoms with Crippen molar-refractivity contribution in [1.82, 2.24) is 4.98 Å². The Morgan fingerprint density at radius 1 is 1.15 bits per heavy atom. The minimum Gasteiger partial charge on any atom is -0.496 e. The zero-order chi connectivity index (χ0) is 23.3. The molecule has 0 bridgehead atoms. The highest BCUT2D eigenvalue weighted by atomic mass is 35.5. The van der Waals surface area contributed by atoms with E-state index in [1.165, 1.54) is 6.07 Å². The summed E-state index contributed by atoms with van der Waals surface area (Å²) in [7, 11) is 3.24. The van der Waals surface area contributed by atoms with Gasteiger partial charge in [0.15, 0.2) is 5.13 Å². The number of hydrogen-bond donors (Lipinski definition) is 1. The average molecular weight is 509 g/mol. The molecule has 3 aromatic rings. The van der Waals surface area contributed by atoms with Crippen molar-refractivity contribution in [3.05, 3.63) is 62.7 Å². The quantitative estimate of drug-likeness (QED) is 0.356. The van der Waals surface area contributed by atoms with Gasteiger partial charge in [-0.05, 0) is 55.7 Å². The van der Waals surface area contributed by atoms with Gasteiger partial charge in [0.2, 0.25) is 0 Å². The Morgan fingerprint density at radius 3 is 2.58 bits per heavy atom. The second-order valence-electron chi connectivity index (χ2n) is 7.42. The van der Waals surface area contributed by atoms with Crippen molar-refractivity contribution >= 4 is 40.5 Å². The van der Waals surface area contributed by atoms with Gasteiger partial charge in [-0.1, -0.05) is 35.6 Å². The van der Waals surface area contributed by atoms with Crippen LogP contribution in [0.25, 0.3) is 11.3 Å². The minimum absolute atomic E-state index is 0. The van der Waals surface area contributed by atoms with Crippen LogP contribution in [0.1, 0.15) is 27.5 Å². The molecule has 4 nitrogen and oxygen atoms in total. The summed E-state index contributed by atoms with van der Waals surface area (Å²) in [6.45, 7) is 6.54. The highest BCUT2D eigenvalue weighted by Gasteiger charge is 2.15. The predicted molar refractivity (Wildman–Crippen MR) is 138 cm³/mol. The van der Waals surface area contributed by atoms with E-state index in [9.17, 15) is 4.39 Å². The van der Waals surface area contributed by atoms with Crippen LogP contribution in [0.2, 0.25) is 5.02 Å². The van der Waals surface area contributed by atoms with Crippen LogP contribution in [0, 0.1) is 38.4 Å². The van der Waals surface area contributed by atoms with E-state index < -0.39 is 0 Å². The fourth-order valence-electron chi connectivity index (χ4n) is 3.29. The van der Waals surface area contributed by atoms with Crippen molar-refractivity contribution in [3.8, 4) is 28.8 Å². The molecule has 0 aliphatic heterocycles. The monoisotopic (exact) mass is 508 g/mol. The number of hydrogen-bond acceptors (Lipinski definition) is 5. The number of nitrogens with one attached hydrogen (secondary N) is 1. The van der Waals surface area contributed by atoms with Gasteiger partial charge in [-0.3, -0.25) is 0 Å². The second kappa shape index (κ2) is 12.2. The highest BCUT2D eigenvalue weighted by molar-refractivity contribution is 7.16. The molecule has 1 aromatic heterocycles. The Morgan fingerprint density at radius 2 is 1.91 bits per heavy atom. The predicted octanol–water partition coefficient (Wildman–Crippen LogP) is 6.80. The molecule has 3 rings (SSSR count). The van der Waals surface area contributed by atoms with Gasteiger partial charge in [0.25, 0.3) is 0 Å². The lowest BCUT2D eigenvalue weighted by Crippen LogP contribution is -2.06. The lowest BCUT2D eigenvalue weighted by molar-refractivity contribution is 0.193. The average Bonchev–Trinajstić information content (AvgIpc) is 3.13. The largest absolute Gasteiger partial charge is 0.496 e. The minimum atomic E-state index is -0.234. The maximum atomic E-state index is 13.9. The van der Waals surface area contributed by atoms with Crippen LogP contribution >= 0.6 is 35.3 Å². The number of benzene rings is 2. The first kappa shape index (κ1) is 26.9. The van der Waals surface area contributed by atoms with Crippen molar-refractivity contribution in [1.29, 1.82) is 0 Å². The van der Waals surface area contributed by atoms with Crippen molar-refractivity contribution in [3.63, 3.8) is 0 Å². The number of aromatic nitrogens is 1. The van der Waals surface area contributed by atoms with Crippen LogP contribution in [0.5, 0.6) is 5.75 Å². The molecule has 0 fully saturated rings. The lowest BCUT2D eigenvalue weighted by atomic mass is 9.99. The van der Waals surface area contributed by atoms with Crippen LogP contribution in [-0.2, 0) is 4.74 Å². The first-order valence-electron chi connectivity index (χ1n) is 10.1. The first-order chi connectivity index (χ1) is 15.3. The zero-order valence-electron chi connectivity index (χ0n) is 19.2. The standard InChI is InChI=1S/C25H26ClFN2O2S.ClH/c1-15-8-9-18(12-22(15)27)19(14-30-4)7-6-10-28-25-29-24(17(3)32-25)20-11-16(2)23(31-5)13-21(20)26;/h8-9,11-13,19H,10,14H2,1-5H3,(H,28,29);1H/t19-;/m1./s1. The Balaban J connectivity index is 0.00000385. The van der Waals surface area contributed by atoms with E-state index in [4.69, 9.17) is 26.1 Å². The Labute approximate surface area is 209 Å². The van der Waals surface area contributed by atoms with Gasteiger partial charge in [0.1, 0.15) is 11.6 Å². The summed E-state index contributed by atoms with van der Waals surface area (Å²) in [6, 6.07) is 8.98. The highest BCUT2D eigenvalue weighted by Crippen LogP contribution is 2.37. The maximum Gasteiger partial charge on any atom is 0.184 e. The SMILES string of the molecule is COC[C@@H](C#CCNc1nc(-c2cc(C)c(OC)cc2Cl)c(C)s1)c1ccc(C)c(F)c1.Cl. The number of methoxy groups -OCH3 is 2. The van der Waals surface area contributed by atoms with Crippen LogP contribution < -0.4 is 10.1 Å². The summed E-state index contributed by atoms with van der Waals surface area (Å²) in [5, 5.41) is 4.61. The summed E-state index contributed by atoms with van der Waals surface area (Å²) in [4.78, 5) is 5.76. The Kier molecular flexibility index (Phi) is 10.00. The number of nitrogens with zero attached hydrogens (tertiary/aromatic N) is 1. The normalized spacial score (nSPS) is 11.2.